The number of aromatic nitrogens is 2. The van der Waals surface area contributed by atoms with Crippen LogP contribution in [0.25, 0.3) is 55.0 Å². The number of nitrogens with zero attached hydrogens (tertiary/aromatic N) is 2. The van der Waals surface area contributed by atoms with E-state index in [9.17, 15) is 9.59 Å². The van der Waals surface area contributed by atoms with Crippen LogP contribution in [0.5, 0.6) is 0 Å². The minimum Gasteiger partial charge on any atom is -0.460 e. The molecule has 228 valence electrons. The Bertz CT molecular complexity index is 2140. The minimum atomic E-state index is -0.622. The molecule has 2 aromatic heterocycles. The molecular formula is C41H30N2O4. The molecule has 0 aliphatic heterocycles. The number of rotatable bonds is 8. The molecule has 6 nitrogen and oxygen atoms in total. The van der Waals surface area contributed by atoms with Crippen LogP contribution in [-0.2, 0) is 32.3 Å². The fourth-order valence-corrected chi connectivity index (χ4v) is 6.43. The van der Waals surface area contributed by atoms with Crippen molar-refractivity contribution in [1.29, 1.82) is 0 Å². The molecule has 0 aliphatic carbocycles. The second-order valence-electron chi connectivity index (χ2n) is 11.6. The predicted octanol–water partition coefficient (Wildman–Crippen LogP) is 9.06. The van der Waals surface area contributed by atoms with Crippen LogP contribution in [0.2, 0.25) is 0 Å². The van der Waals surface area contributed by atoms with E-state index in [1.807, 2.05) is 72.8 Å². The van der Waals surface area contributed by atoms with Gasteiger partial charge in [-0.2, -0.15) is 0 Å². The van der Waals surface area contributed by atoms with Crippen molar-refractivity contribution in [3.63, 3.8) is 0 Å². The van der Waals surface area contributed by atoms with Gasteiger partial charge in [-0.05, 0) is 59.7 Å². The average molecular weight is 615 g/mol. The van der Waals surface area contributed by atoms with E-state index in [-0.39, 0.29) is 13.2 Å². The maximum atomic E-state index is 12.4. The van der Waals surface area contributed by atoms with Crippen molar-refractivity contribution >= 4 is 55.6 Å². The highest BCUT2D eigenvalue weighted by Crippen LogP contribution is 2.33. The number of esters is 2. The number of benzene rings is 6. The van der Waals surface area contributed by atoms with Gasteiger partial charge in [0.25, 0.3) is 0 Å². The third-order valence-corrected chi connectivity index (χ3v) is 8.64. The number of ether oxygens (including phenoxy) is 2. The van der Waals surface area contributed by atoms with Gasteiger partial charge in [-0.25, -0.2) is 0 Å². The van der Waals surface area contributed by atoms with Crippen LogP contribution >= 0.6 is 0 Å². The SMILES string of the molecule is O=C(CC(=O)OCc1ccc(-n2c3ccccc3c3ccccc32)cc1)OCc1ccc(-n2c3ccccc3c3ccccc32)cc1. The van der Waals surface area contributed by atoms with Gasteiger partial charge in [0.05, 0.1) is 22.1 Å². The Hall–Kier alpha value is -6.14. The molecule has 0 unspecified atom stereocenters. The Morgan fingerprint density at radius 1 is 0.404 bits per heavy atom. The summed E-state index contributed by atoms with van der Waals surface area (Å²) in [6, 6.07) is 49.2. The van der Waals surface area contributed by atoms with E-state index in [0.717, 1.165) is 44.6 Å². The molecule has 0 fully saturated rings. The van der Waals surface area contributed by atoms with Crippen molar-refractivity contribution in [3.05, 3.63) is 157 Å². The van der Waals surface area contributed by atoms with E-state index < -0.39 is 18.4 Å². The summed E-state index contributed by atoms with van der Waals surface area (Å²) in [5, 5.41) is 4.79. The third-order valence-electron chi connectivity index (χ3n) is 8.64. The molecule has 0 spiro atoms. The first-order valence-electron chi connectivity index (χ1n) is 15.6. The van der Waals surface area contributed by atoms with Gasteiger partial charge in [0.15, 0.2) is 0 Å². The highest BCUT2D eigenvalue weighted by Gasteiger charge is 2.15. The van der Waals surface area contributed by atoms with E-state index in [4.69, 9.17) is 9.47 Å². The summed E-state index contributed by atoms with van der Waals surface area (Å²) in [5.41, 5.74) is 8.22. The molecule has 8 aromatic rings. The average Bonchev–Trinajstić information content (AvgIpc) is 3.64. The monoisotopic (exact) mass is 614 g/mol. The highest BCUT2D eigenvalue weighted by atomic mass is 16.6. The number of hydrogen-bond donors (Lipinski definition) is 0. The molecule has 6 heteroatoms. The lowest BCUT2D eigenvalue weighted by Gasteiger charge is -2.10. The van der Waals surface area contributed by atoms with Crippen LogP contribution in [0.4, 0.5) is 0 Å². The van der Waals surface area contributed by atoms with Crippen LogP contribution in [0.15, 0.2) is 146 Å². The Kier molecular flexibility index (Phi) is 7.23. The molecule has 0 atom stereocenters. The third kappa shape index (κ3) is 5.30. The molecule has 0 saturated heterocycles. The molecule has 8 rings (SSSR count). The van der Waals surface area contributed by atoms with Crippen LogP contribution in [0.1, 0.15) is 17.5 Å². The minimum absolute atomic E-state index is 0.0732. The summed E-state index contributed by atoms with van der Waals surface area (Å²) in [4.78, 5) is 24.9. The Morgan fingerprint density at radius 2 is 0.702 bits per heavy atom. The Labute approximate surface area is 271 Å². The molecule has 0 saturated carbocycles. The summed E-state index contributed by atoms with van der Waals surface area (Å²) in [6.07, 6.45) is -0.446. The molecule has 6 aromatic carbocycles. The lowest BCUT2D eigenvalue weighted by Crippen LogP contribution is -2.14. The van der Waals surface area contributed by atoms with Crippen LogP contribution in [-0.4, -0.2) is 21.1 Å². The van der Waals surface area contributed by atoms with Gasteiger partial charge in [-0.15, -0.1) is 0 Å². The fraction of sp³-hybridized carbons (Fsp3) is 0.0732. The number of carbonyl (C=O) groups excluding carboxylic acids is 2. The summed E-state index contributed by atoms with van der Waals surface area (Å²) in [7, 11) is 0. The summed E-state index contributed by atoms with van der Waals surface area (Å²) in [5.74, 6) is -1.24. The van der Waals surface area contributed by atoms with Crippen LogP contribution < -0.4 is 0 Å². The number of carbonyl (C=O) groups is 2. The van der Waals surface area contributed by atoms with Crippen molar-refractivity contribution in [3.8, 4) is 11.4 Å². The molecule has 0 amide bonds. The van der Waals surface area contributed by atoms with Crippen molar-refractivity contribution in [2.75, 3.05) is 0 Å². The Morgan fingerprint density at radius 3 is 1.02 bits per heavy atom. The quantitative estimate of drug-likeness (QED) is 0.127. The van der Waals surface area contributed by atoms with Gasteiger partial charge in [0.1, 0.15) is 19.6 Å². The summed E-state index contributed by atoms with van der Waals surface area (Å²) >= 11 is 0. The largest absolute Gasteiger partial charge is 0.460 e. The van der Waals surface area contributed by atoms with Gasteiger partial charge in [-0.1, -0.05) is 97.1 Å². The standard InChI is InChI=1S/C41H30N2O4/c44-40(46-26-28-17-21-30(22-18-28)42-36-13-5-1-9-32(36)33-10-2-6-14-37(33)42)25-41(45)47-27-29-19-23-31(24-20-29)43-38-15-7-3-11-34(38)35-12-4-8-16-39(35)43/h1-24H,25-27H2. The molecule has 0 radical (unpaired) electrons. The molecule has 47 heavy (non-hydrogen) atoms. The molecule has 0 bridgehead atoms. The van der Waals surface area contributed by atoms with Crippen molar-refractivity contribution < 1.29 is 19.1 Å². The van der Waals surface area contributed by atoms with E-state index in [1.165, 1.54) is 21.5 Å². The molecule has 0 aliphatic rings. The molecule has 0 N–H and O–H groups in total. The second-order valence-corrected chi connectivity index (χ2v) is 11.6. The van der Waals surface area contributed by atoms with E-state index in [0.29, 0.717) is 0 Å². The smallest absolute Gasteiger partial charge is 0.317 e. The zero-order chi connectivity index (χ0) is 31.7. The van der Waals surface area contributed by atoms with Crippen LogP contribution in [0, 0.1) is 0 Å². The van der Waals surface area contributed by atoms with Crippen molar-refractivity contribution in [1.82, 2.24) is 9.13 Å². The molecule has 2 heterocycles. The first-order chi connectivity index (χ1) is 23.1. The van der Waals surface area contributed by atoms with E-state index in [2.05, 4.69) is 81.9 Å². The van der Waals surface area contributed by atoms with Crippen LogP contribution in [0.3, 0.4) is 0 Å². The summed E-state index contributed by atoms with van der Waals surface area (Å²) in [6.45, 7) is 0.146. The first-order valence-corrected chi connectivity index (χ1v) is 15.6. The maximum absolute atomic E-state index is 12.4. The number of para-hydroxylation sites is 4. The van der Waals surface area contributed by atoms with Gasteiger partial charge in [0.2, 0.25) is 0 Å². The zero-order valence-corrected chi connectivity index (χ0v) is 25.5. The lowest BCUT2D eigenvalue weighted by molar-refractivity contribution is -0.156. The first kappa shape index (κ1) is 28.3. The maximum Gasteiger partial charge on any atom is 0.317 e. The lowest BCUT2D eigenvalue weighted by atomic mass is 10.2. The van der Waals surface area contributed by atoms with Gasteiger partial charge in [0, 0.05) is 32.9 Å². The zero-order valence-electron chi connectivity index (χ0n) is 25.5. The van der Waals surface area contributed by atoms with Gasteiger partial charge in [-0.3, -0.25) is 9.59 Å². The summed E-state index contributed by atoms with van der Waals surface area (Å²) < 4.78 is 15.3. The normalized spacial score (nSPS) is 11.4. The van der Waals surface area contributed by atoms with E-state index >= 15 is 0 Å². The van der Waals surface area contributed by atoms with Gasteiger partial charge >= 0.3 is 11.9 Å². The van der Waals surface area contributed by atoms with Gasteiger partial charge < -0.3 is 18.6 Å². The van der Waals surface area contributed by atoms with Crippen molar-refractivity contribution in [2.24, 2.45) is 0 Å². The highest BCUT2D eigenvalue weighted by molar-refractivity contribution is 6.10. The molecular weight excluding hydrogens is 584 g/mol. The number of fused-ring (bicyclic) bond motifs is 6. The second kappa shape index (κ2) is 12.0. The van der Waals surface area contributed by atoms with Crippen molar-refractivity contribution in [2.45, 2.75) is 19.6 Å². The fourth-order valence-electron chi connectivity index (χ4n) is 6.43. The van der Waals surface area contributed by atoms with E-state index in [1.54, 1.807) is 0 Å². The predicted molar refractivity (Wildman–Crippen MR) is 186 cm³/mol. The Balaban J connectivity index is 0.874. The number of hydrogen-bond acceptors (Lipinski definition) is 4. The topological polar surface area (TPSA) is 62.5 Å².